The summed E-state index contributed by atoms with van der Waals surface area (Å²) in [5.41, 5.74) is 2.44. The molecular formula is C25H20FN3O2S. The van der Waals surface area contributed by atoms with Crippen molar-refractivity contribution in [2.24, 2.45) is 0 Å². The fraction of sp³-hybridized carbons (Fsp3) is 0.160. The molecule has 0 aliphatic carbocycles. The van der Waals surface area contributed by atoms with Crippen molar-refractivity contribution in [3.63, 3.8) is 0 Å². The fourth-order valence-electron chi connectivity index (χ4n) is 4.07. The first-order valence-electron chi connectivity index (χ1n) is 10.3. The topological polar surface area (TPSA) is 64.0 Å². The van der Waals surface area contributed by atoms with Crippen LogP contribution in [0.4, 0.5) is 4.39 Å². The number of rotatable bonds is 3. The van der Waals surface area contributed by atoms with Crippen LogP contribution in [0.25, 0.3) is 16.6 Å². The van der Waals surface area contributed by atoms with E-state index in [1.165, 1.54) is 12.1 Å². The molecule has 0 radical (unpaired) electrons. The zero-order chi connectivity index (χ0) is 22.2. The second kappa shape index (κ2) is 8.24. The number of hydrogen-bond acceptors (Lipinski definition) is 4. The maximum absolute atomic E-state index is 13.7. The van der Waals surface area contributed by atoms with Crippen molar-refractivity contribution in [1.82, 2.24) is 14.9 Å². The predicted molar refractivity (Wildman–Crippen MR) is 124 cm³/mol. The minimum Gasteiger partial charge on any atom is -0.345 e. The molecule has 0 fully saturated rings. The number of nitrogens with one attached hydrogen (secondary N) is 1. The van der Waals surface area contributed by atoms with Gasteiger partial charge >= 0.3 is 0 Å². The second-order valence-corrected chi connectivity index (χ2v) is 8.85. The van der Waals surface area contributed by atoms with Gasteiger partial charge in [0.15, 0.2) is 0 Å². The van der Waals surface area contributed by atoms with Crippen LogP contribution < -0.4 is 10.9 Å². The molecule has 4 aromatic rings. The van der Waals surface area contributed by atoms with Gasteiger partial charge in [-0.3, -0.25) is 14.2 Å². The van der Waals surface area contributed by atoms with Crippen LogP contribution >= 0.6 is 11.8 Å². The van der Waals surface area contributed by atoms with E-state index in [4.69, 9.17) is 0 Å². The minimum atomic E-state index is -0.306. The highest BCUT2D eigenvalue weighted by atomic mass is 32.2. The molecule has 1 aliphatic heterocycles. The van der Waals surface area contributed by atoms with Crippen molar-refractivity contribution in [3.8, 4) is 5.69 Å². The van der Waals surface area contributed by atoms with Gasteiger partial charge in [-0.15, -0.1) is 11.8 Å². The van der Waals surface area contributed by atoms with Crippen LogP contribution in [0.5, 0.6) is 0 Å². The van der Waals surface area contributed by atoms with E-state index < -0.39 is 0 Å². The summed E-state index contributed by atoms with van der Waals surface area (Å²) in [6, 6.07) is 18.6. The van der Waals surface area contributed by atoms with Crippen molar-refractivity contribution in [1.29, 1.82) is 0 Å². The van der Waals surface area contributed by atoms with Gasteiger partial charge in [0.05, 0.1) is 22.6 Å². The third-order valence-electron chi connectivity index (χ3n) is 5.65. The van der Waals surface area contributed by atoms with Gasteiger partial charge in [-0.2, -0.15) is 0 Å². The minimum absolute atomic E-state index is 0.149. The van der Waals surface area contributed by atoms with Crippen molar-refractivity contribution < 1.29 is 9.18 Å². The third kappa shape index (κ3) is 3.69. The summed E-state index contributed by atoms with van der Waals surface area (Å²) < 4.78 is 15.3. The van der Waals surface area contributed by atoms with E-state index in [0.717, 1.165) is 22.6 Å². The van der Waals surface area contributed by atoms with Gasteiger partial charge in [0.25, 0.3) is 11.5 Å². The summed E-state index contributed by atoms with van der Waals surface area (Å²) in [4.78, 5) is 31.4. The van der Waals surface area contributed by atoms with Crippen molar-refractivity contribution in [2.45, 2.75) is 24.3 Å². The molecule has 7 heteroatoms. The van der Waals surface area contributed by atoms with Gasteiger partial charge in [0, 0.05) is 16.2 Å². The summed E-state index contributed by atoms with van der Waals surface area (Å²) in [5, 5.41) is 3.57. The summed E-state index contributed by atoms with van der Waals surface area (Å²) in [5.74, 6) is 0.896. The number of thioether (sulfide) groups is 1. The maximum Gasteiger partial charge on any atom is 0.265 e. The average Bonchev–Trinajstić information content (AvgIpc) is 2.80. The fourth-order valence-corrected chi connectivity index (χ4v) is 5.17. The van der Waals surface area contributed by atoms with Crippen molar-refractivity contribution >= 4 is 28.6 Å². The van der Waals surface area contributed by atoms with E-state index in [1.807, 2.05) is 18.2 Å². The third-order valence-corrected chi connectivity index (χ3v) is 6.77. The quantitative estimate of drug-likeness (QED) is 0.492. The number of nitrogens with zero attached hydrogens (tertiary/aromatic N) is 2. The maximum atomic E-state index is 13.7. The lowest BCUT2D eigenvalue weighted by Crippen LogP contribution is -2.30. The van der Waals surface area contributed by atoms with Crippen LogP contribution in [0.3, 0.4) is 0 Å². The van der Waals surface area contributed by atoms with Gasteiger partial charge in [-0.05, 0) is 73.5 Å². The Labute approximate surface area is 188 Å². The second-order valence-electron chi connectivity index (χ2n) is 7.71. The van der Waals surface area contributed by atoms with Crippen LogP contribution in [0.2, 0.25) is 0 Å². The average molecular weight is 446 g/mol. The highest BCUT2D eigenvalue weighted by molar-refractivity contribution is 7.99. The molecule has 32 heavy (non-hydrogen) atoms. The van der Waals surface area contributed by atoms with E-state index >= 15 is 0 Å². The Hall–Kier alpha value is -3.45. The van der Waals surface area contributed by atoms with Gasteiger partial charge in [-0.1, -0.05) is 12.1 Å². The van der Waals surface area contributed by atoms with Crippen LogP contribution in [0.15, 0.2) is 76.4 Å². The number of carbonyl (C=O) groups is 1. The standard InChI is InChI=1S/C25H20FN3O2S/c1-15-27-21-5-3-2-4-19(21)25(31)29(15)18-9-6-16(7-10-18)24(30)28-22-12-13-32-23-11-8-17(26)14-20(22)23/h2-11,14,22H,12-13H2,1H3,(H,28,30)/t22-/m1/s1. The zero-order valence-corrected chi connectivity index (χ0v) is 18.2. The molecule has 2 heterocycles. The number of fused-ring (bicyclic) bond motifs is 2. The zero-order valence-electron chi connectivity index (χ0n) is 17.3. The Balaban J connectivity index is 1.42. The summed E-state index contributed by atoms with van der Waals surface area (Å²) >= 11 is 1.67. The van der Waals surface area contributed by atoms with Crippen molar-refractivity contribution in [2.75, 3.05) is 5.75 Å². The summed E-state index contributed by atoms with van der Waals surface area (Å²) in [6.45, 7) is 1.78. The molecule has 0 spiro atoms. The molecule has 1 aromatic heterocycles. The van der Waals surface area contributed by atoms with Crippen LogP contribution in [0, 0.1) is 12.7 Å². The monoisotopic (exact) mass is 445 g/mol. The van der Waals surface area contributed by atoms with Crippen LogP contribution in [0.1, 0.15) is 34.2 Å². The Morgan fingerprint density at radius 2 is 1.91 bits per heavy atom. The molecule has 0 bridgehead atoms. The van der Waals surface area contributed by atoms with E-state index in [-0.39, 0.29) is 23.3 Å². The first-order valence-corrected chi connectivity index (χ1v) is 11.3. The molecule has 1 N–H and O–H groups in total. The Morgan fingerprint density at radius 3 is 2.72 bits per heavy atom. The lowest BCUT2D eigenvalue weighted by atomic mass is 10.0. The number of benzene rings is 3. The summed E-state index contributed by atoms with van der Waals surface area (Å²) in [7, 11) is 0. The van der Waals surface area contributed by atoms with E-state index in [9.17, 15) is 14.0 Å². The molecular weight excluding hydrogens is 425 g/mol. The SMILES string of the molecule is Cc1nc2ccccc2c(=O)n1-c1ccc(C(=O)N[C@@H]2CCSc3ccc(F)cc32)cc1. The molecule has 1 amide bonds. The normalized spacial score (nSPS) is 15.4. The first-order chi connectivity index (χ1) is 15.5. The molecule has 0 saturated heterocycles. The van der Waals surface area contributed by atoms with Crippen LogP contribution in [-0.2, 0) is 0 Å². The van der Waals surface area contributed by atoms with Crippen LogP contribution in [-0.4, -0.2) is 21.2 Å². The number of para-hydroxylation sites is 1. The van der Waals surface area contributed by atoms with Gasteiger partial charge in [-0.25, -0.2) is 9.37 Å². The molecule has 3 aromatic carbocycles. The number of carbonyl (C=O) groups excluding carboxylic acids is 1. The first kappa shape index (κ1) is 20.5. The number of aryl methyl sites for hydroxylation is 1. The smallest absolute Gasteiger partial charge is 0.265 e. The number of amides is 1. The Bertz CT molecular complexity index is 1400. The lowest BCUT2D eigenvalue weighted by molar-refractivity contribution is 0.0935. The van der Waals surface area contributed by atoms with E-state index in [2.05, 4.69) is 10.3 Å². The van der Waals surface area contributed by atoms with E-state index in [1.54, 1.807) is 59.7 Å². The molecule has 0 unspecified atom stereocenters. The van der Waals surface area contributed by atoms with Crippen molar-refractivity contribution in [3.05, 3.63) is 99.9 Å². The molecule has 0 saturated carbocycles. The largest absolute Gasteiger partial charge is 0.345 e. The number of aromatic nitrogens is 2. The molecule has 1 aliphatic rings. The molecule has 5 nitrogen and oxygen atoms in total. The lowest BCUT2D eigenvalue weighted by Gasteiger charge is -2.26. The summed E-state index contributed by atoms with van der Waals surface area (Å²) in [6.07, 6.45) is 0.738. The van der Waals surface area contributed by atoms with Gasteiger partial charge in [0.2, 0.25) is 0 Å². The Morgan fingerprint density at radius 1 is 1.12 bits per heavy atom. The molecule has 1 atom stereocenters. The molecule has 160 valence electrons. The van der Waals surface area contributed by atoms with Gasteiger partial charge in [0.1, 0.15) is 11.6 Å². The highest BCUT2D eigenvalue weighted by Crippen LogP contribution is 2.36. The van der Waals surface area contributed by atoms with E-state index in [0.29, 0.717) is 28.0 Å². The molecule has 5 rings (SSSR count). The number of halogens is 1. The number of hydrogen-bond donors (Lipinski definition) is 1. The van der Waals surface area contributed by atoms with Gasteiger partial charge < -0.3 is 5.32 Å². The highest BCUT2D eigenvalue weighted by Gasteiger charge is 2.23. The Kier molecular flexibility index (Phi) is 5.27. The predicted octanol–water partition coefficient (Wildman–Crippen LogP) is 4.80.